The van der Waals surface area contributed by atoms with Crippen molar-refractivity contribution in [3.63, 3.8) is 0 Å². The van der Waals surface area contributed by atoms with E-state index in [9.17, 15) is 20.0 Å². The molecular formula is C23H24N4O8S. The zero-order valence-corrected chi connectivity index (χ0v) is 21.0. The van der Waals surface area contributed by atoms with Crippen LogP contribution < -0.4 is 18.9 Å². The van der Waals surface area contributed by atoms with E-state index in [1.807, 2.05) is 6.92 Å². The maximum atomic E-state index is 12.1. The number of benzene rings is 2. The number of carboxylic acids is 1. The minimum atomic E-state index is -1.26. The molecule has 3 rings (SSSR count). The summed E-state index contributed by atoms with van der Waals surface area (Å²) in [6, 6.07) is 7.66. The van der Waals surface area contributed by atoms with E-state index in [-0.39, 0.29) is 27.7 Å². The molecule has 0 amide bonds. The summed E-state index contributed by atoms with van der Waals surface area (Å²) in [4.78, 5) is 22.7. The van der Waals surface area contributed by atoms with Gasteiger partial charge in [-0.2, -0.15) is 0 Å². The Hall–Kier alpha value is -4.26. The first kappa shape index (κ1) is 26.3. The fourth-order valence-corrected chi connectivity index (χ4v) is 4.24. The van der Waals surface area contributed by atoms with Crippen molar-refractivity contribution in [1.82, 2.24) is 14.8 Å². The lowest BCUT2D eigenvalue weighted by atomic mass is 10.1. The van der Waals surface area contributed by atoms with Crippen LogP contribution in [0.1, 0.15) is 12.5 Å². The highest BCUT2D eigenvalue weighted by Gasteiger charge is 2.22. The van der Waals surface area contributed by atoms with E-state index in [4.69, 9.17) is 18.9 Å². The lowest BCUT2D eigenvalue weighted by Gasteiger charge is -2.12. The lowest BCUT2D eigenvalue weighted by molar-refractivity contribution is -0.385. The summed E-state index contributed by atoms with van der Waals surface area (Å²) in [5.74, 6) is 0.589. The van der Waals surface area contributed by atoms with E-state index < -0.39 is 10.9 Å². The summed E-state index contributed by atoms with van der Waals surface area (Å²) < 4.78 is 22.9. The first-order valence-corrected chi connectivity index (χ1v) is 11.3. The number of aromatic nitrogens is 3. The zero-order valence-electron chi connectivity index (χ0n) is 20.2. The number of nitrogens with zero attached hydrogens (tertiary/aromatic N) is 4. The quantitative estimate of drug-likeness (QED) is 0.170. The van der Waals surface area contributed by atoms with Gasteiger partial charge >= 0.3 is 5.97 Å². The number of aliphatic carboxylic acids is 1. The fraction of sp³-hybridized carbons (Fsp3) is 0.261. The van der Waals surface area contributed by atoms with Gasteiger partial charge in [-0.15, -0.1) is 10.2 Å². The van der Waals surface area contributed by atoms with Crippen LogP contribution in [0.5, 0.6) is 23.0 Å². The molecule has 1 heterocycles. The number of non-ortho nitro benzene ring substituents is 1. The molecule has 2 aromatic carbocycles. The summed E-state index contributed by atoms with van der Waals surface area (Å²) in [6.07, 6.45) is 1.27. The molecule has 0 saturated carbocycles. The number of nitro benzene ring substituents is 1. The highest BCUT2D eigenvalue weighted by atomic mass is 32.2. The molecule has 0 unspecified atom stereocenters. The molecule has 0 aliphatic heterocycles. The highest BCUT2D eigenvalue weighted by molar-refractivity contribution is 8.04. The molecule has 12 nitrogen and oxygen atoms in total. The topological polar surface area (TPSA) is 148 Å². The molecule has 0 aliphatic rings. The summed E-state index contributed by atoms with van der Waals surface area (Å²) in [6.45, 7) is 2.30. The van der Waals surface area contributed by atoms with E-state index in [1.54, 1.807) is 22.8 Å². The van der Waals surface area contributed by atoms with E-state index in [0.29, 0.717) is 34.6 Å². The van der Waals surface area contributed by atoms with E-state index in [0.717, 1.165) is 11.8 Å². The lowest BCUT2D eigenvalue weighted by Crippen LogP contribution is -2.03. The van der Waals surface area contributed by atoms with E-state index in [1.165, 1.54) is 46.6 Å². The third kappa shape index (κ3) is 5.51. The standard InChI is InChI=1S/C23H24N4O8S/c1-6-26-21(14-8-16(32-2)12-17(9-14)33-3)24-25-23(26)36-19(22(28)29)10-13-7-15(27(30)31)11-18(34-4)20(13)35-5/h7-12H,6H2,1-5H3,(H,28,29)/b19-10+. The van der Waals surface area contributed by atoms with Crippen molar-refractivity contribution in [2.45, 2.75) is 18.6 Å². The van der Waals surface area contributed by atoms with Crippen LogP contribution in [-0.4, -0.2) is 59.2 Å². The van der Waals surface area contributed by atoms with Gasteiger partial charge in [0, 0.05) is 29.8 Å². The molecule has 0 spiro atoms. The molecule has 0 saturated heterocycles. The molecule has 1 aromatic heterocycles. The molecule has 1 N–H and O–H groups in total. The number of thioether (sulfide) groups is 1. The van der Waals surface area contributed by atoms with Crippen LogP contribution >= 0.6 is 11.8 Å². The Bertz CT molecular complexity index is 1300. The largest absolute Gasteiger partial charge is 0.497 e. The second-order valence-corrected chi connectivity index (χ2v) is 8.10. The second kappa shape index (κ2) is 11.4. The maximum absolute atomic E-state index is 12.1. The average molecular weight is 517 g/mol. The third-order valence-corrected chi connectivity index (χ3v) is 6.04. The van der Waals surface area contributed by atoms with Gasteiger partial charge in [-0.3, -0.25) is 10.1 Å². The van der Waals surface area contributed by atoms with Crippen molar-refractivity contribution in [2.24, 2.45) is 0 Å². The number of carbonyl (C=O) groups is 1. The molecule has 36 heavy (non-hydrogen) atoms. The van der Waals surface area contributed by atoms with Gasteiger partial charge in [0.25, 0.3) is 5.69 Å². The molecule has 0 radical (unpaired) electrons. The third-order valence-electron chi connectivity index (χ3n) is 5.04. The van der Waals surface area contributed by atoms with Gasteiger partial charge < -0.3 is 28.6 Å². The van der Waals surface area contributed by atoms with Gasteiger partial charge in [0.05, 0.1) is 39.4 Å². The van der Waals surface area contributed by atoms with Crippen LogP contribution in [0.2, 0.25) is 0 Å². The zero-order chi connectivity index (χ0) is 26.4. The molecule has 0 atom stereocenters. The van der Waals surface area contributed by atoms with Gasteiger partial charge in [-0.05, 0) is 36.9 Å². The van der Waals surface area contributed by atoms with Crippen LogP contribution in [-0.2, 0) is 11.3 Å². The Kier molecular flexibility index (Phi) is 8.38. The summed E-state index contributed by atoms with van der Waals surface area (Å²) in [5, 5.41) is 30.0. The number of nitro groups is 1. The van der Waals surface area contributed by atoms with E-state index in [2.05, 4.69) is 10.2 Å². The van der Waals surface area contributed by atoms with Gasteiger partial charge in [0.1, 0.15) is 16.4 Å². The summed E-state index contributed by atoms with van der Waals surface area (Å²) in [5.41, 5.74) is 0.548. The minimum Gasteiger partial charge on any atom is -0.497 e. The van der Waals surface area contributed by atoms with Crippen molar-refractivity contribution < 1.29 is 33.8 Å². The second-order valence-electron chi connectivity index (χ2n) is 7.10. The monoisotopic (exact) mass is 516 g/mol. The van der Waals surface area contributed by atoms with Gasteiger partial charge in [0.15, 0.2) is 22.5 Å². The molecule has 3 aromatic rings. The van der Waals surface area contributed by atoms with Crippen molar-refractivity contribution in [1.29, 1.82) is 0 Å². The highest BCUT2D eigenvalue weighted by Crippen LogP contribution is 2.39. The Morgan fingerprint density at radius 2 is 1.72 bits per heavy atom. The predicted octanol–water partition coefficient (Wildman–Crippen LogP) is 4.13. The Morgan fingerprint density at radius 3 is 2.22 bits per heavy atom. The normalized spacial score (nSPS) is 11.2. The number of ether oxygens (including phenoxy) is 4. The molecule has 190 valence electrons. The maximum Gasteiger partial charge on any atom is 0.342 e. The SMILES string of the molecule is CCn1c(S/C(=C/c2cc([N+](=O)[O-])cc(OC)c2OC)C(=O)O)nnc1-c1cc(OC)cc(OC)c1. The summed E-state index contributed by atoms with van der Waals surface area (Å²) in [7, 11) is 5.76. The average Bonchev–Trinajstić information content (AvgIpc) is 3.29. The smallest absolute Gasteiger partial charge is 0.342 e. The first-order chi connectivity index (χ1) is 17.3. The number of hydrogen-bond donors (Lipinski definition) is 1. The number of hydrogen-bond acceptors (Lipinski definition) is 10. The van der Waals surface area contributed by atoms with Crippen LogP contribution in [0.25, 0.3) is 17.5 Å². The van der Waals surface area contributed by atoms with Crippen LogP contribution in [0, 0.1) is 10.1 Å². The van der Waals surface area contributed by atoms with Crippen LogP contribution in [0.15, 0.2) is 40.4 Å². The van der Waals surface area contributed by atoms with Crippen molar-refractivity contribution >= 4 is 29.5 Å². The Morgan fingerprint density at radius 1 is 1.06 bits per heavy atom. The molecule has 0 fully saturated rings. The Balaban J connectivity index is 2.10. The number of carboxylic acid groups (broad SMARTS) is 1. The predicted molar refractivity (Wildman–Crippen MR) is 132 cm³/mol. The molecular weight excluding hydrogens is 492 g/mol. The van der Waals surface area contributed by atoms with Crippen LogP contribution in [0.3, 0.4) is 0 Å². The number of methoxy groups -OCH3 is 4. The number of rotatable bonds is 11. The molecule has 13 heteroatoms. The van der Waals surface area contributed by atoms with E-state index >= 15 is 0 Å². The molecule has 0 bridgehead atoms. The van der Waals surface area contributed by atoms with Crippen molar-refractivity contribution in [3.05, 3.63) is 50.9 Å². The van der Waals surface area contributed by atoms with Crippen molar-refractivity contribution in [3.8, 4) is 34.4 Å². The van der Waals surface area contributed by atoms with Crippen LogP contribution in [0.4, 0.5) is 5.69 Å². The van der Waals surface area contributed by atoms with Gasteiger partial charge in [-0.1, -0.05) is 0 Å². The fourth-order valence-electron chi connectivity index (χ4n) is 3.37. The Labute approximate surface area is 210 Å². The first-order valence-electron chi connectivity index (χ1n) is 10.5. The minimum absolute atomic E-state index is 0.0960. The molecule has 0 aliphatic carbocycles. The summed E-state index contributed by atoms with van der Waals surface area (Å²) >= 11 is 0.847. The van der Waals surface area contributed by atoms with Gasteiger partial charge in [0.2, 0.25) is 0 Å². The van der Waals surface area contributed by atoms with Gasteiger partial charge in [-0.25, -0.2) is 4.79 Å². The van der Waals surface area contributed by atoms with Crippen molar-refractivity contribution in [2.75, 3.05) is 28.4 Å².